The lowest BCUT2D eigenvalue weighted by Crippen LogP contribution is -2.58. The molecular weight excluding hydrogens is 415 g/mol. The van der Waals surface area contributed by atoms with Crippen molar-refractivity contribution >= 4 is 21.9 Å². The van der Waals surface area contributed by atoms with Crippen molar-refractivity contribution in [2.75, 3.05) is 25.9 Å². The summed E-state index contributed by atoms with van der Waals surface area (Å²) in [5.74, 6) is -2.87. The van der Waals surface area contributed by atoms with Crippen LogP contribution in [0.1, 0.15) is 36.2 Å². The molecule has 29 heavy (non-hydrogen) atoms. The molecule has 2 aliphatic heterocycles. The number of halogens is 3. The van der Waals surface area contributed by atoms with Crippen LogP contribution in [0.25, 0.3) is 0 Å². The monoisotopic (exact) mass is 437 g/mol. The Labute approximate surface area is 166 Å². The lowest BCUT2D eigenvalue weighted by atomic mass is 9.87. The fourth-order valence-electron chi connectivity index (χ4n) is 3.78. The molecule has 8 nitrogen and oxygen atoms in total. The van der Waals surface area contributed by atoms with Crippen molar-refractivity contribution in [3.8, 4) is 0 Å². The summed E-state index contributed by atoms with van der Waals surface area (Å²) >= 11 is 0. The second-order valence-corrected chi connectivity index (χ2v) is 8.92. The van der Waals surface area contributed by atoms with E-state index < -0.39 is 27.7 Å². The zero-order valence-electron chi connectivity index (χ0n) is 15.7. The first kappa shape index (κ1) is 23.1. The number of carbonyl (C=O) groups excluding carboxylic acids is 1. The van der Waals surface area contributed by atoms with E-state index in [1.807, 2.05) is 0 Å². The number of rotatable bonds is 2. The summed E-state index contributed by atoms with van der Waals surface area (Å²) in [6.45, 7) is 1.69. The minimum Gasteiger partial charge on any atom is -0.475 e. The summed E-state index contributed by atoms with van der Waals surface area (Å²) in [6.07, 6.45) is 1.12. The van der Waals surface area contributed by atoms with Gasteiger partial charge >= 0.3 is 12.1 Å². The number of sulfonamides is 1. The number of amides is 1. The molecule has 1 atom stereocenters. The van der Waals surface area contributed by atoms with E-state index in [-0.39, 0.29) is 5.91 Å². The number of carbonyl (C=O) groups is 2. The number of hydrogen-bond donors (Lipinski definition) is 1. The Morgan fingerprint density at radius 2 is 1.76 bits per heavy atom. The number of nitrogens with zero attached hydrogens (tertiary/aromatic N) is 3. The van der Waals surface area contributed by atoms with E-state index in [1.54, 1.807) is 33.6 Å². The van der Waals surface area contributed by atoms with Crippen LogP contribution in [-0.2, 0) is 14.8 Å². The minimum absolute atomic E-state index is 0.111. The van der Waals surface area contributed by atoms with Gasteiger partial charge in [-0.15, -0.1) is 0 Å². The number of aromatic nitrogens is 1. The summed E-state index contributed by atoms with van der Waals surface area (Å²) in [6, 6.07) is 5.27. The maximum atomic E-state index is 12.6. The number of aliphatic carboxylic acids is 1. The van der Waals surface area contributed by atoms with Gasteiger partial charge in [0.25, 0.3) is 5.91 Å². The largest absolute Gasteiger partial charge is 0.490 e. The van der Waals surface area contributed by atoms with E-state index in [0.29, 0.717) is 25.3 Å². The number of piperidine rings is 1. The Morgan fingerprint density at radius 3 is 2.24 bits per heavy atom. The fraction of sp³-hybridized carbons (Fsp3) is 0.588. The molecule has 162 valence electrons. The fourth-order valence-corrected chi connectivity index (χ4v) is 5.18. The van der Waals surface area contributed by atoms with Crippen LogP contribution in [0.4, 0.5) is 13.2 Å². The maximum absolute atomic E-state index is 12.6. The summed E-state index contributed by atoms with van der Waals surface area (Å²) in [4.78, 5) is 27.4. The molecule has 0 aliphatic carbocycles. The smallest absolute Gasteiger partial charge is 0.475 e. The molecule has 1 unspecified atom stereocenters. The molecule has 0 saturated carbocycles. The van der Waals surface area contributed by atoms with E-state index in [1.165, 1.54) is 6.26 Å². The standard InChI is InChI=1S/C15H21N3O3S.C2HF3O2/c1-22(20,21)18-11-5-8-15(18)7-4-10-17(12-15)14(19)13-6-2-3-9-16-13;3-2(4,5)1(6)7/h2-3,6,9H,4-5,7-8,10-12H2,1H3;(H,6,7). The van der Waals surface area contributed by atoms with Crippen LogP contribution in [0.15, 0.2) is 24.4 Å². The molecule has 2 saturated heterocycles. The molecule has 12 heteroatoms. The van der Waals surface area contributed by atoms with Gasteiger partial charge in [-0.25, -0.2) is 13.2 Å². The van der Waals surface area contributed by atoms with Crippen LogP contribution in [0, 0.1) is 0 Å². The molecule has 3 heterocycles. The van der Waals surface area contributed by atoms with E-state index in [0.717, 1.165) is 25.7 Å². The summed E-state index contributed by atoms with van der Waals surface area (Å²) in [7, 11) is -3.24. The van der Waals surface area contributed by atoms with Crippen LogP contribution in [0.2, 0.25) is 0 Å². The molecule has 0 radical (unpaired) electrons. The van der Waals surface area contributed by atoms with E-state index in [4.69, 9.17) is 9.90 Å². The van der Waals surface area contributed by atoms with Crippen LogP contribution in [0.3, 0.4) is 0 Å². The molecule has 1 aromatic rings. The van der Waals surface area contributed by atoms with Gasteiger partial charge in [-0.05, 0) is 37.8 Å². The van der Waals surface area contributed by atoms with Crippen molar-refractivity contribution in [3.63, 3.8) is 0 Å². The average Bonchev–Trinajstić information content (AvgIpc) is 3.04. The van der Waals surface area contributed by atoms with Gasteiger partial charge in [0.05, 0.1) is 11.8 Å². The molecule has 1 aromatic heterocycles. The second kappa shape index (κ2) is 8.66. The Kier molecular flexibility index (Phi) is 6.89. The lowest BCUT2D eigenvalue weighted by molar-refractivity contribution is -0.192. The second-order valence-electron chi connectivity index (χ2n) is 7.01. The van der Waals surface area contributed by atoms with Gasteiger partial charge in [-0.3, -0.25) is 9.78 Å². The molecule has 0 aromatic carbocycles. The van der Waals surface area contributed by atoms with Crippen LogP contribution in [-0.4, -0.2) is 77.2 Å². The van der Waals surface area contributed by atoms with Crippen molar-refractivity contribution in [1.82, 2.24) is 14.2 Å². The van der Waals surface area contributed by atoms with Crippen molar-refractivity contribution in [2.24, 2.45) is 0 Å². The summed E-state index contributed by atoms with van der Waals surface area (Å²) in [5.41, 5.74) is -0.000500. The number of pyridine rings is 1. The Hall–Kier alpha value is -2.21. The third-order valence-corrected chi connectivity index (χ3v) is 6.27. The Morgan fingerprint density at radius 1 is 1.17 bits per heavy atom. The summed E-state index contributed by atoms with van der Waals surface area (Å²) in [5, 5.41) is 7.12. The molecular formula is C17H22F3N3O5S. The number of carboxylic acids is 1. The lowest BCUT2D eigenvalue weighted by Gasteiger charge is -2.44. The molecule has 2 fully saturated rings. The maximum Gasteiger partial charge on any atom is 0.490 e. The van der Waals surface area contributed by atoms with E-state index >= 15 is 0 Å². The van der Waals surface area contributed by atoms with E-state index in [2.05, 4.69) is 4.98 Å². The van der Waals surface area contributed by atoms with Gasteiger partial charge in [0, 0.05) is 25.8 Å². The minimum atomic E-state index is -5.08. The predicted octanol–water partition coefficient (Wildman–Crippen LogP) is 1.75. The van der Waals surface area contributed by atoms with Gasteiger partial charge in [0.2, 0.25) is 10.0 Å². The average molecular weight is 437 g/mol. The highest BCUT2D eigenvalue weighted by molar-refractivity contribution is 7.88. The molecule has 2 aliphatic rings. The highest BCUT2D eigenvalue weighted by Gasteiger charge is 2.48. The number of hydrogen-bond acceptors (Lipinski definition) is 5. The van der Waals surface area contributed by atoms with Crippen molar-refractivity contribution < 1.29 is 36.3 Å². The number of alkyl halides is 3. The highest BCUT2D eigenvalue weighted by Crippen LogP contribution is 2.39. The Balaban J connectivity index is 0.000000370. The van der Waals surface area contributed by atoms with Gasteiger partial charge in [-0.1, -0.05) is 6.07 Å². The number of likely N-dealkylation sites (tertiary alicyclic amines) is 1. The van der Waals surface area contributed by atoms with Gasteiger partial charge in [-0.2, -0.15) is 17.5 Å². The quantitative estimate of drug-likeness (QED) is 0.755. The topological polar surface area (TPSA) is 108 Å². The van der Waals surface area contributed by atoms with Crippen molar-refractivity contribution in [3.05, 3.63) is 30.1 Å². The molecule has 1 spiro atoms. The predicted molar refractivity (Wildman–Crippen MR) is 96.6 cm³/mol. The van der Waals surface area contributed by atoms with Crippen molar-refractivity contribution in [2.45, 2.75) is 37.4 Å². The highest BCUT2D eigenvalue weighted by atomic mass is 32.2. The molecule has 1 N–H and O–H groups in total. The third-order valence-electron chi connectivity index (χ3n) is 4.90. The number of carboxylic acid groups (broad SMARTS) is 1. The zero-order chi connectivity index (χ0) is 21.9. The van der Waals surface area contributed by atoms with Gasteiger partial charge in [0.15, 0.2) is 0 Å². The normalized spacial score (nSPS) is 22.8. The molecule has 3 rings (SSSR count). The summed E-state index contributed by atoms with van der Waals surface area (Å²) < 4.78 is 57.5. The first-order valence-corrected chi connectivity index (χ1v) is 10.7. The van der Waals surface area contributed by atoms with E-state index in [9.17, 15) is 26.4 Å². The zero-order valence-corrected chi connectivity index (χ0v) is 16.5. The van der Waals surface area contributed by atoms with Gasteiger partial charge in [0.1, 0.15) is 5.69 Å². The van der Waals surface area contributed by atoms with Crippen LogP contribution < -0.4 is 0 Å². The van der Waals surface area contributed by atoms with Crippen LogP contribution in [0.5, 0.6) is 0 Å². The first-order valence-electron chi connectivity index (χ1n) is 8.85. The van der Waals surface area contributed by atoms with Gasteiger partial charge < -0.3 is 10.0 Å². The third kappa shape index (κ3) is 5.66. The first-order chi connectivity index (χ1) is 13.4. The molecule has 1 amide bonds. The van der Waals surface area contributed by atoms with Crippen molar-refractivity contribution in [1.29, 1.82) is 0 Å². The Bertz CT molecular complexity index is 848. The SMILES string of the molecule is CS(=O)(=O)N1CCCC12CCCN(C(=O)c1ccccn1)C2.O=C(O)C(F)(F)F. The van der Waals surface area contributed by atoms with Crippen LogP contribution >= 0.6 is 0 Å². The molecule has 0 bridgehead atoms.